The van der Waals surface area contributed by atoms with Crippen LogP contribution in [0.15, 0.2) is 42.6 Å². The van der Waals surface area contributed by atoms with E-state index < -0.39 is 29.2 Å². The molecule has 1 saturated heterocycles. The highest BCUT2D eigenvalue weighted by Crippen LogP contribution is 2.36. The summed E-state index contributed by atoms with van der Waals surface area (Å²) in [5.41, 5.74) is -0.288. The number of alkyl halides is 3. The first kappa shape index (κ1) is 26.2. The van der Waals surface area contributed by atoms with E-state index in [9.17, 15) is 27.9 Å². The van der Waals surface area contributed by atoms with Gasteiger partial charge in [-0.3, -0.25) is 24.8 Å². The molecule has 2 aromatic rings. The number of carbonyl (C=O) groups excluding carboxylic acids is 2. The Bertz CT molecular complexity index is 1080. The third kappa shape index (κ3) is 6.48. The van der Waals surface area contributed by atoms with E-state index in [1.54, 1.807) is 6.20 Å². The van der Waals surface area contributed by atoms with Crippen LogP contribution >= 0.6 is 0 Å². The molecule has 0 unspecified atom stereocenters. The molecule has 2 fully saturated rings. The largest absolute Gasteiger partial charge is 0.416 e. The third-order valence-electron chi connectivity index (χ3n) is 7.02. The van der Waals surface area contributed by atoms with Crippen molar-refractivity contribution in [3.05, 3.63) is 65.0 Å². The van der Waals surface area contributed by atoms with Crippen LogP contribution in [0.2, 0.25) is 0 Å². The molecule has 2 aliphatic rings. The average molecular weight is 505 g/mol. The van der Waals surface area contributed by atoms with Crippen molar-refractivity contribution < 1.29 is 27.9 Å². The number of pyridine rings is 1. The number of nitrogens with zero attached hydrogens (tertiary/aromatic N) is 2. The van der Waals surface area contributed by atoms with Crippen LogP contribution in [0.25, 0.3) is 0 Å². The van der Waals surface area contributed by atoms with Gasteiger partial charge in [0, 0.05) is 36.9 Å². The quantitative estimate of drug-likeness (QED) is 0.560. The van der Waals surface area contributed by atoms with Gasteiger partial charge in [-0.2, -0.15) is 13.2 Å². The molecule has 7 nitrogen and oxygen atoms in total. The summed E-state index contributed by atoms with van der Waals surface area (Å²) in [7, 11) is 0. The Kier molecular flexibility index (Phi) is 7.77. The van der Waals surface area contributed by atoms with E-state index in [0.29, 0.717) is 31.6 Å². The van der Waals surface area contributed by atoms with Crippen LogP contribution in [-0.4, -0.2) is 58.5 Å². The Morgan fingerprint density at radius 2 is 1.89 bits per heavy atom. The fraction of sp³-hybridized carbons (Fsp3) is 0.500. The molecule has 1 atom stereocenters. The molecule has 3 N–H and O–H groups in total. The van der Waals surface area contributed by atoms with Crippen molar-refractivity contribution in [3.8, 4) is 0 Å². The second-order valence-corrected chi connectivity index (χ2v) is 9.87. The van der Waals surface area contributed by atoms with Crippen LogP contribution in [0.1, 0.15) is 59.3 Å². The maximum atomic E-state index is 12.9. The highest BCUT2D eigenvalue weighted by atomic mass is 19.4. The number of halogens is 3. The second kappa shape index (κ2) is 10.7. The summed E-state index contributed by atoms with van der Waals surface area (Å²) in [5.74, 6) is -1.40. The smallest absolute Gasteiger partial charge is 0.384 e. The van der Waals surface area contributed by atoms with Crippen LogP contribution in [0.3, 0.4) is 0 Å². The van der Waals surface area contributed by atoms with Gasteiger partial charge in [0.15, 0.2) is 0 Å². The summed E-state index contributed by atoms with van der Waals surface area (Å²) in [6, 6.07) is 8.29. The van der Waals surface area contributed by atoms with Crippen molar-refractivity contribution in [1.29, 1.82) is 0 Å². The zero-order valence-electron chi connectivity index (χ0n) is 20.1. The molecular formula is C26H31F3N4O3. The standard InChI is InChI=1S/C26H31F3N4O3/c1-17-5-6-22(30-14-17)25(36)10-7-20(8-11-25)31-21-9-12-33(15-21)16-23(34)32-24(35)18-3-2-4-19(13-18)26(27,28)29/h2-6,13-14,20-21,31,36H,7-12,15-16H2,1H3,(H,32,34,35)/t20?,21-,25?/m0/s1. The van der Waals surface area contributed by atoms with Gasteiger partial charge in [0.05, 0.1) is 17.8 Å². The van der Waals surface area contributed by atoms with E-state index in [1.165, 1.54) is 6.07 Å². The normalized spacial score (nSPS) is 25.0. The van der Waals surface area contributed by atoms with Crippen molar-refractivity contribution in [1.82, 2.24) is 20.5 Å². The number of benzene rings is 1. The van der Waals surface area contributed by atoms with Gasteiger partial charge in [-0.1, -0.05) is 12.1 Å². The van der Waals surface area contributed by atoms with Crippen LogP contribution in [0, 0.1) is 6.92 Å². The molecule has 1 aromatic heterocycles. The minimum atomic E-state index is -4.56. The fourth-order valence-electron chi connectivity index (χ4n) is 4.99. The first-order valence-electron chi connectivity index (χ1n) is 12.2. The number of aromatic nitrogens is 1. The van der Waals surface area contributed by atoms with Crippen molar-refractivity contribution >= 4 is 11.8 Å². The van der Waals surface area contributed by atoms with Gasteiger partial charge >= 0.3 is 6.18 Å². The first-order valence-corrected chi connectivity index (χ1v) is 12.2. The van der Waals surface area contributed by atoms with E-state index in [0.717, 1.165) is 43.0 Å². The maximum absolute atomic E-state index is 12.9. The number of hydrogen-bond donors (Lipinski definition) is 3. The molecule has 4 rings (SSSR count). The average Bonchev–Trinajstić information content (AvgIpc) is 3.27. The topological polar surface area (TPSA) is 94.6 Å². The molecule has 0 radical (unpaired) electrons. The Labute approximate surface area is 208 Å². The summed E-state index contributed by atoms with van der Waals surface area (Å²) in [6.07, 6.45) is 0.924. The molecule has 1 aromatic carbocycles. The van der Waals surface area contributed by atoms with Gasteiger partial charge in [-0.05, 0) is 68.9 Å². The molecule has 2 heterocycles. The van der Waals surface area contributed by atoms with E-state index in [-0.39, 0.29) is 24.2 Å². The number of hydrogen-bond acceptors (Lipinski definition) is 6. The Balaban J connectivity index is 1.21. The summed E-state index contributed by atoms with van der Waals surface area (Å²) < 4.78 is 38.6. The summed E-state index contributed by atoms with van der Waals surface area (Å²) in [6.45, 7) is 3.26. The van der Waals surface area contributed by atoms with Crippen molar-refractivity contribution in [2.24, 2.45) is 0 Å². The molecule has 194 valence electrons. The van der Waals surface area contributed by atoms with E-state index >= 15 is 0 Å². The zero-order valence-corrected chi connectivity index (χ0v) is 20.1. The van der Waals surface area contributed by atoms with Crippen molar-refractivity contribution in [3.63, 3.8) is 0 Å². The van der Waals surface area contributed by atoms with Crippen LogP contribution in [0.4, 0.5) is 13.2 Å². The zero-order chi connectivity index (χ0) is 25.9. The number of nitrogens with one attached hydrogen (secondary N) is 2. The minimum absolute atomic E-state index is 0.00755. The molecule has 1 saturated carbocycles. The molecule has 2 amide bonds. The lowest BCUT2D eigenvalue weighted by molar-refractivity contribution is -0.137. The lowest BCUT2D eigenvalue weighted by Gasteiger charge is -2.37. The lowest BCUT2D eigenvalue weighted by atomic mass is 9.79. The number of likely N-dealkylation sites (tertiary alicyclic amines) is 1. The molecule has 36 heavy (non-hydrogen) atoms. The SMILES string of the molecule is Cc1ccc(C2(O)CCC(N[C@H]3CCN(CC(=O)NC(=O)c4cccc(C(F)(F)F)c4)C3)CC2)nc1. The van der Waals surface area contributed by atoms with E-state index in [2.05, 4.69) is 15.6 Å². The Morgan fingerprint density at radius 1 is 1.14 bits per heavy atom. The van der Waals surface area contributed by atoms with Gasteiger partial charge < -0.3 is 10.4 Å². The van der Waals surface area contributed by atoms with Gasteiger partial charge in [-0.25, -0.2) is 0 Å². The van der Waals surface area contributed by atoms with E-state index in [1.807, 2.05) is 24.0 Å². The predicted molar refractivity (Wildman–Crippen MR) is 127 cm³/mol. The summed E-state index contributed by atoms with van der Waals surface area (Å²) in [4.78, 5) is 30.9. The number of carbonyl (C=O) groups is 2. The number of rotatable bonds is 6. The summed E-state index contributed by atoms with van der Waals surface area (Å²) >= 11 is 0. The molecule has 10 heteroatoms. The fourth-order valence-corrected chi connectivity index (χ4v) is 4.99. The first-order chi connectivity index (χ1) is 17.0. The number of amides is 2. The van der Waals surface area contributed by atoms with Gasteiger partial charge in [-0.15, -0.1) is 0 Å². The van der Waals surface area contributed by atoms with Gasteiger partial charge in [0.25, 0.3) is 5.91 Å². The van der Waals surface area contributed by atoms with Gasteiger partial charge in [0.2, 0.25) is 5.91 Å². The number of aliphatic hydroxyl groups is 1. The number of aryl methyl sites for hydroxylation is 1. The Hall–Kier alpha value is -2.82. The van der Waals surface area contributed by atoms with Crippen LogP contribution < -0.4 is 10.6 Å². The van der Waals surface area contributed by atoms with Crippen molar-refractivity contribution in [2.75, 3.05) is 19.6 Å². The third-order valence-corrected chi connectivity index (χ3v) is 7.02. The predicted octanol–water partition coefficient (Wildman–Crippen LogP) is 3.16. The molecule has 0 spiro atoms. The highest BCUT2D eigenvalue weighted by molar-refractivity contribution is 6.05. The van der Waals surface area contributed by atoms with Gasteiger partial charge in [0.1, 0.15) is 5.60 Å². The van der Waals surface area contributed by atoms with Crippen LogP contribution in [-0.2, 0) is 16.6 Å². The molecule has 0 bridgehead atoms. The highest BCUT2D eigenvalue weighted by Gasteiger charge is 2.37. The lowest BCUT2D eigenvalue weighted by Crippen LogP contribution is -2.46. The van der Waals surface area contributed by atoms with E-state index in [4.69, 9.17) is 0 Å². The maximum Gasteiger partial charge on any atom is 0.416 e. The Morgan fingerprint density at radius 3 is 2.56 bits per heavy atom. The minimum Gasteiger partial charge on any atom is -0.384 e. The van der Waals surface area contributed by atoms with Crippen molar-refractivity contribution in [2.45, 2.75) is 62.9 Å². The second-order valence-electron chi connectivity index (χ2n) is 9.87. The summed E-state index contributed by atoms with van der Waals surface area (Å²) in [5, 5.41) is 16.8. The molecule has 1 aliphatic heterocycles. The number of imide groups is 1. The monoisotopic (exact) mass is 504 g/mol. The van der Waals surface area contributed by atoms with Crippen LogP contribution in [0.5, 0.6) is 0 Å². The molecule has 1 aliphatic carbocycles. The molecular weight excluding hydrogens is 473 g/mol.